The van der Waals surface area contributed by atoms with Crippen LogP contribution in [-0.2, 0) is 9.84 Å². The van der Waals surface area contributed by atoms with Crippen LogP contribution in [0.25, 0.3) is 0 Å². The third-order valence-corrected chi connectivity index (χ3v) is 5.05. The van der Waals surface area contributed by atoms with Gasteiger partial charge >= 0.3 is 0 Å². The Balaban J connectivity index is 2.83. The van der Waals surface area contributed by atoms with E-state index in [0.29, 0.717) is 11.1 Å². The lowest BCUT2D eigenvalue weighted by Gasteiger charge is -2.24. The fourth-order valence-corrected chi connectivity index (χ4v) is 2.88. The highest BCUT2D eigenvalue weighted by molar-refractivity contribution is 7.91. The minimum absolute atomic E-state index is 0.0536. The molecule has 0 heterocycles. The number of amides is 1. The molecule has 0 saturated heterocycles. The Bertz CT molecular complexity index is 615. The van der Waals surface area contributed by atoms with E-state index in [0.717, 1.165) is 0 Å². The third-order valence-electron chi connectivity index (χ3n) is 3.18. The third kappa shape index (κ3) is 4.07. The van der Waals surface area contributed by atoms with Gasteiger partial charge in [0.1, 0.15) is 0 Å². The minimum atomic E-state index is -3.13. The zero-order valence-electron chi connectivity index (χ0n) is 11.8. The van der Waals surface area contributed by atoms with E-state index < -0.39 is 15.9 Å². The summed E-state index contributed by atoms with van der Waals surface area (Å²) in [5.41, 5.74) is 0.915. The summed E-state index contributed by atoms with van der Waals surface area (Å²) in [5, 5.41) is 8.71. The Hall–Kier alpha value is -1.87. The van der Waals surface area contributed by atoms with Gasteiger partial charge in [-0.25, -0.2) is 8.42 Å². The van der Waals surface area contributed by atoms with E-state index in [2.05, 4.69) is 0 Å². The average Bonchev–Trinajstić information content (AvgIpc) is 2.45. The smallest absolute Gasteiger partial charge is 0.253 e. The first-order valence-electron chi connectivity index (χ1n) is 6.28. The van der Waals surface area contributed by atoms with Crippen molar-refractivity contribution in [2.75, 3.05) is 18.6 Å². The number of hydrogen-bond donors (Lipinski definition) is 0. The highest BCUT2D eigenvalue weighted by atomic mass is 32.2. The molecular weight excluding hydrogens is 276 g/mol. The second-order valence-corrected chi connectivity index (χ2v) is 7.05. The van der Waals surface area contributed by atoms with Gasteiger partial charge in [-0.05, 0) is 31.2 Å². The number of carbonyl (C=O) groups is 1. The predicted molar refractivity (Wildman–Crippen MR) is 77.0 cm³/mol. The lowest BCUT2D eigenvalue weighted by Crippen LogP contribution is -2.39. The van der Waals surface area contributed by atoms with Crippen molar-refractivity contribution in [2.45, 2.75) is 19.9 Å². The van der Waals surface area contributed by atoms with E-state index in [1.165, 1.54) is 4.90 Å². The van der Waals surface area contributed by atoms with Crippen molar-refractivity contribution < 1.29 is 13.2 Å². The summed E-state index contributed by atoms with van der Waals surface area (Å²) < 4.78 is 23.2. The monoisotopic (exact) mass is 294 g/mol. The van der Waals surface area contributed by atoms with Crippen molar-refractivity contribution in [3.63, 3.8) is 0 Å². The lowest BCUT2D eigenvalue weighted by atomic mass is 10.1. The van der Waals surface area contributed by atoms with E-state index in [4.69, 9.17) is 5.26 Å². The molecule has 20 heavy (non-hydrogen) atoms. The second-order valence-electron chi connectivity index (χ2n) is 4.65. The van der Waals surface area contributed by atoms with Gasteiger partial charge in [0.2, 0.25) is 0 Å². The molecule has 0 bridgehead atoms. The van der Waals surface area contributed by atoms with Crippen molar-refractivity contribution >= 4 is 15.7 Å². The van der Waals surface area contributed by atoms with Crippen molar-refractivity contribution in [1.29, 1.82) is 5.26 Å². The summed E-state index contributed by atoms with van der Waals surface area (Å²) in [7, 11) is -1.55. The first-order chi connectivity index (χ1) is 9.30. The van der Waals surface area contributed by atoms with Crippen LogP contribution in [0.1, 0.15) is 29.8 Å². The van der Waals surface area contributed by atoms with Gasteiger partial charge in [0, 0.05) is 24.4 Å². The molecular formula is C14H18N2O3S. The lowest BCUT2D eigenvalue weighted by molar-refractivity contribution is 0.0757. The van der Waals surface area contributed by atoms with Crippen molar-refractivity contribution in [2.24, 2.45) is 0 Å². The first kappa shape index (κ1) is 16.2. The molecule has 0 saturated carbocycles. The molecule has 1 unspecified atom stereocenters. The molecule has 0 aliphatic carbocycles. The molecule has 0 radical (unpaired) electrons. The highest BCUT2D eigenvalue weighted by Crippen LogP contribution is 2.10. The molecule has 108 valence electrons. The molecule has 1 aromatic rings. The summed E-state index contributed by atoms with van der Waals surface area (Å²) >= 11 is 0. The van der Waals surface area contributed by atoms with Gasteiger partial charge in [-0.2, -0.15) is 5.26 Å². The minimum Gasteiger partial charge on any atom is -0.338 e. The number of sulfone groups is 1. The quantitative estimate of drug-likeness (QED) is 0.823. The van der Waals surface area contributed by atoms with E-state index >= 15 is 0 Å². The first-order valence-corrected chi connectivity index (χ1v) is 8.10. The maximum absolute atomic E-state index is 12.2. The number of benzene rings is 1. The Morgan fingerprint density at radius 2 is 1.90 bits per heavy atom. The number of nitriles is 1. The molecule has 0 N–H and O–H groups in total. The molecule has 0 aliphatic heterocycles. The van der Waals surface area contributed by atoms with Gasteiger partial charge in [-0.3, -0.25) is 4.79 Å². The molecule has 1 atom stereocenters. The molecule has 0 aromatic heterocycles. The number of rotatable bonds is 5. The maximum Gasteiger partial charge on any atom is 0.253 e. The summed E-state index contributed by atoms with van der Waals surface area (Å²) in [6.45, 7) is 3.29. The zero-order chi connectivity index (χ0) is 15.3. The summed E-state index contributed by atoms with van der Waals surface area (Å²) in [4.78, 5) is 13.6. The molecule has 0 fully saturated rings. The van der Waals surface area contributed by atoms with E-state index in [1.807, 2.05) is 6.07 Å². The Kier molecular flexibility index (Phi) is 5.28. The van der Waals surface area contributed by atoms with Crippen LogP contribution >= 0.6 is 0 Å². The van der Waals surface area contributed by atoms with E-state index in [-0.39, 0.29) is 17.4 Å². The zero-order valence-corrected chi connectivity index (χ0v) is 12.6. The molecule has 5 nitrogen and oxygen atoms in total. The van der Waals surface area contributed by atoms with Crippen molar-refractivity contribution in [3.8, 4) is 6.07 Å². The van der Waals surface area contributed by atoms with Gasteiger partial charge in [-0.1, -0.05) is 6.92 Å². The molecule has 0 spiro atoms. The Morgan fingerprint density at radius 1 is 1.35 bits per heavy atom. The number of nitrogens with zero attached hydrogens (tertiary/aromatic N) is 2. The maximum atomic E-state index is 12.2. The topological polar surface area (TPSA) is 78.2 Å². The average molecular weight is 294 g/mol. The SMILES string of the molecule is CCS(=O)(=O)CC(C)N(C)C(=O)c1ccc(C#N)cc1. The van der Waals surface area contributed by atoms with Crippen LogP contribution in [0, 0.1) is 11.3 Å². The van der Waals surface area contributed by atoms with Gasteiger partial charge in [0.05, 0.1) is 17.4 Å². The number of hydrogen-bond acceptors (Lipinski definition) is 4. The van der Waals surface area contributed by atoms with Crippen molar-refractivity contribution in [3.05, 3.63) is 35.4 Å². The van der Waals surface area contributed by atoms with Gasteiger partial charge in [0.15, 0.2) is 9.84 Å². The van der Waals surface area contributed by atoms with E-state index in [9.17, 15) is 13.2 Å². The van der Waals surface area contributed by atoms with Crippen LogP contribution in [0.3, 0.4) is 0 Å². The van der Waals surface area contributed by atoms with Crippen LogP contribution in [0.5, 0.6) is 0 Å². The van der Waals surface area contributed by atoms with Crippen molar-refractivity contribution in [1.82, 2.24) is 4.90 Å². The van der Waals surface area contributed by atoms with Gasteiger partial charge in [0.25, 0.3) is 5.91 Å². The van der Waals surface area contributed by atoms with Gasteiger partial charge in [-0.15, -0.1) is 0 Å². The number of carbonyl (C=O) groups excluding carboxylic acids is 1. The summed E-state index contributed by atoms with van der Waals surface area (Å²) in [6.07, 6.45) is 0. The fourth-order valence-electron chi connectivity index (χ4n) is 1.69. The van der Waals surface area contributed by atoms with Crippen LogP contribution in [-0.4, -0.2) is 43.8 Å². The molecule has 1 rings (SSSR count). The largest absolute Gasteiger partial charge is 0.338 e. The van der Waals surface area contributed by atoms with Gasteiger partial charge < -0.3 is 4.90 Å². The van der Waals surface area contributed by atoms with Crippen LogP contribution in [0.15, 0.2) is 24.3 Å². The summed E-state index contributed by atoms with van der Waals surface area (Å²) in [6, 6.07) is 7.84. The standard InChI is InChI=1S/C14H18N2O3S/c1-4-20(18,19)10-11(2)16(3)14(17)13-7-5-12(9-15)6-8-13/h5-8,11H,4,10H2,1-3H3. The van der Waals surface area contributed by atoms with Crippen LogP contribution in [0.4, 0.5) is 0 Å². The van der Waals surface area contributed by atoms with Crippen LogP contribution in [0.2, 0.25) is 0 Å². The molecule has 0 aliphatic rings. The Morgan fingerprint density at radius 3 is 2.35 bits per heavy atom. The highest BCUT2D eigenvalue weighted by Gasteiger charge is 2.22. The molecule has 1 aromatic carbocycles. The van der Waals surface area contributed by atoms with E-state index in [1.54, 1.807) is 45.2 Å². The second kappa shape index (κ2) is 6.53. The normalized spacial score (nSPS) is 12.5. The Labute approximate surface area is 119 Å². The fraction of sp³-hybridized carbons (Fsp3) is 0.429. The van der Waals surface area contributed by atoms with Crippen LogP contribution < -0.4 is 0 Å². The molecule has 6 heteroatoms. The predicted octanol–water partition coefficient (Wildman–Crippen LogP) is 1.45. The summed E-state index contributed by atoms with van der Waals surface area (Å²) in [5.74, 6) is -0.244. The molecule has 1 amide bonds.